The summed E-state index contributed by atoms with van der Waals surface area (Å²) in [6, 6.07) is 5.40. The van der Waals surface area contributed by atoms with Crippen LogP contribution in [0.25, 0.3) is 28.4 Å². The van der Waals surface area contributed by atoms with Crippen LogP contribution >= 0.6 is 0 Å². The molecule has 6 rings (SSSR count). The first-order valence-electron chi connectivity index (χ1n) is 13.4. The van der Waals surface area contributed by atoms with Crippen molar-refractivity contribution in [3.63, 3.8) is 0 Å². The second kappa shape index (κ2) is 9.76. The highest BCUT2D eigenvalue weighted by atomic mass is 16.7. The molecule has 3 aromatic rings. The highest BCUT2D eigenvalue weighted by Gasteiger charge is 2.45. The van der Waals surface area contributed by atoms with Crippen LogP contribution in [0.15, 0.2) is 29.1 Å². The molecule has 3 aliphatic heterocycles. The van der Waals surface area contributed by atoms with Crippen LogP contribution in [-0.4, -0.2) is 57.9 Å². The molecule has 0 saturated carbocycles. The Morgan fingerprint density at radius 1 is 1.18 bits per heavy atom. The van der Waals surface area contributed by atoms with E-state index in [1.165, 1.54) is 0 Å². The first-order chi connectivity index (χ1) is 19.3. The third-order valence-corrected chi connectivity index (χ3v) is 7.99. The molecule has 0 saturated heterocycles. The molecule has 0 radical (unpaired) electrons. The predicted octanol–water partition coefficient (Wildman–Crippen LogP) is 2.02. The minimum absolute atomic E-state index is 0.0337. The largest absolute Gasteiger partial charge is 0.458 e. The molecule has 0 bridgehead atoms. The summed E-state index contributed by atoms with van der Waals surface area (Å²) in [7, 11) is 0. The van der Waals surface area contributed by atoms with Gasteiger partial charge in [0.05, 0.1) is 35.6 Å². The summed E-state index contributed by atoms with van der Waals surface area (Å²) in [5, 5.41) is 12.0. The molecule has 11 nitrogen and oxygen atoms in total. The number of aromatic nitrogens is 2. The van der Waals surface area contributed by atoms with E-state index in [1.807, 2.05) is 31.2 Å². The van der Waals surface area contributed by atoms with Gasteiger partial charge in [0.25, 0.3) is 5.56 Å². The van der Waals surface area contributed by atoms with Crippen LogP contribution in [0.5, 0.6) is 11.5 Å². The second-order valence-electron chi connectivity index (χ2n) is 10.0. The average Bonchev–Trinajstić information content (AvgIpc) is 3.57. The van der Waals surface area contributed by atoms with Gasteiger partial charge in [0, 0.05) is 35.7 Å². The van der Waals surface area contributed by atoms with Crippen molar-refractivity contribution >= 4 is 28.9 Å². The monoisotopic (exact) mass is 546 g/mol. The number of esters is 1. The third-order valence-electron chi connectivity index (χ3n) is 7.99. The first kappa shape index (κ1) is 26.0. The molecule has 1 amide bonds. The Kier molecular flexibility index (Phi) is 6.35. The number of carbonyl (C=O) groups excluding carboxylic acids is 2. The Morgan fingerprint density at radius 2 is 1.95 bits per heavy atom. The van der Waals surface area contributed by atoms with E-state index in [0.29, 0.717) is 47.9 Å². The first-order valence-corrected chi connectivity index (χ1v) is 13.4. The number of hydrogen-bond donors (Lipinski definition) is 2. The van der Waals surface area contributed by atoms with Crippen molar-refractivity contribution in [1.29, 1.82) is 0 Å². The van der Waals surface area contributed by atoms with E-state index in [4.69, 9.17) is 24.9 Å². The van der Waals surface area contributed by atoms with Crippen molar-refractivity contribution < 1.29 is 28.9 Å². The van der Waals surface area contributed by atoms with E-state index in [1.54, 1.807) is 22.5 Å². The van der Waals surface area contributed by atoms with Gasteiger partial charge in [-0.3, -0.25) is 9.59 Å². The van der Waals surface area contributed by atoms with Crippen LogP contribution < -0.4 is 20.8 Å². The maximum Gasteiger partial charge on any atom is 0.343 e. The van der Waals surface area contributed by atoms with Crippen molar-refractivity contribution in [1.82, 2.24) is 14.5 Å². The van der Waals surface area contributed by atoms with Crippen molar-refractivity contribution in [2.45, 2.75) is 45.4 Å². The Morgan fingerprint density at radius 3 is 2.67 bits per heavy atom. The number of hydrogen-bond acceptors (Lipinski definition) is 9. The lowest BCUT2D eigenvalue weighted by molar-refractivity contribution is -0.172. The van der Waals surface area contributed by atoms with E-state index < -0.39 is 11.6 Å². The van der Waals surface area contributed by atoms with Crippen molar-refractivity contribution in [3.05, 3.63) is 56.9 Å². The number of pyridine rings is 2. The molecule has 0 unspecified atom stereocenters. The summed E-state index contributed by atoms with van der Waals surface area (Å²) in [5.74, 6) is 0.327. The highest BCUT2D eigenvalue weighted by molar-refractivity contribution is 5.95. The minimum Gasteiger partial charge on any atom is -0.458 e. The topological polar surface area (TPSA) is 146 Å². The van der Waals surface area contributed by atoms with E-state index in [-0.39, 0.29) is 55.5 Å². The van der Waals surface area contributed by atoms with Crippen LogP contribution in [-0.2, 0) is 33.1 Å². The number of nitrogens with two attached hydrogens (primary N) is 1. The minimum atomic E-state index is -1.90. The zero-order valence-electron chi connectivity index (χ0n) is 22.4. The zero-order chi connectivity index (χ0) is 28.2. The van der Waals surface area contributed by atoms with Crippen molar-refractivity contribution in [2.24, 2.45) is 5.73 Å². The summed E-state index contributed by atoms with van der Waals surface area (Å²) in [5.41, 5.74) is 7.33. The number of likely N-dealkylation sites (N-methyl/N-ethyl adjacent to an activating group) is 1. The Balaban J connectivity index is 1.49. The van der Waals surface area contributed by atoms with E-state index in [9.17, 15) is 19.5 Å². The number of ether oxygens (including phenoxy) is 3. The number of nitrogens with zero attached hydrogens (tertiary/aromatic N) is 3. The molecule has 0 fully saturated rings. The Hall–Kier alpha value is -4.22. The van der Waals surface area contributed by atoms with E-state index in [2.05, 4.69) is 0 Å². The fourth-order valence-corrected chi connectivity index (χ4v) is 5.71. The van der Waals surface area contributed by atoms with Gasteiger partial charge >= 0.3 is 5.97 Å². The smallest absolute Gasteiger partial charge is 0.343 e. The summed E-state index contributed by atoms with van der Waals surface area (Å²) in [6.45, 7) is 4.84. The number of amides is 1. The number of carbonyl (C=O) groups is 2. The van der Waals surface area contributed by atoms with E-state index in [0.717, 1.165) is 16.5 Å². The van der Waals surface area contributed by atoms with Gasteiger partial charge in [0.15, 0.2) is 17.1 Å². The quantitative estimate of drug-likeness (QED) is 0.332. The van der Waals surface area contributed by atoms with Gasteiger partial charge in [-0.25, -0.2) is 9.78 Å². The molecule has 3 aliphatic rings. The van der Waals surface area contributed by atoms with Gasteiger partial charge in [-0.05, 0) is 37.5 Å². The molecule has 0 aliphatic carbocycles. The molecule has 0 spiro atoms. The average molecular weight is 547 g/mol. The van der Waals surface area contributed by atoms with Crippen LogP contribution in [0, 0.1) is 0 Å². The normalized spacial score (nSPS) is 18.6. The van der Waals surface area contributed by atoms with E-state index >= 15 is 0 Å². The maximum atomic E-state index is 13.6. The Labute approximate surface area is 229 Å². The van der Waals surface area contributed by atoms with Crippen molar-refractivity contribution in [2.75, 3.05) is 26.4 Å². The third kappa shape index (κ3) is 3.88. The Bertz CT molecular complexity index is 1660. The molecular weight excluding hydrogens is 516 g/mol. The number of rotatable bonds is 7. The lowest BCUT2D eigenvalue weighted by Gasteiger charge is -2.31. The van der Waals surface area contributed by atoms with Crippen LogP contribution in [0.1, 0.15) is 48.9 Å². The lowest BCUT2D eigenvalue weighted by atomic mass is 9.86. The van der Waals surface area contributed by atoms with Gasteiger partial charge < -0.3 is 34.5 Å². The van der Waals surface area contributed by atoms with Crippen LogP contribution in [0.2, 0.25) is 0 Å². The summed E-state index contributed by atoms with van der Waals surface area (Å²) >= 11 is 0. The highest BCUT2D eigenvalue weighted by Crippen LogP contribution is 2.43. The molecule has 2 aromatic heterocycles. The number of fused-ring (bicyclic) bond motifs is 6. The molecule has 1 aromatic carbocycles. The lowest BCUT2D eigenvalue weighted by Crippen LogP contribution is -2.44. The fourth-order valence-electron chi connectivity index (χ4n) is 5.71. The second-order valence-corrected chi connectivity index (χ2v) is 10.0. The van der Waals surface area contributed by atoms with Crippen LogP contribution in [0.4, 0.5) is 0 Å². The van der Waals surface area contributed by atoms with Gasteiger partial charge in [-0.1, -0.05) is 19.1 Å². The number of aliphatic hydroxyl groups is 1. The van der Waals surface area contributed by atoms with Gasteiger partial charge in [-0.2, -0.15) is 0 Å². The van der Waals surface area contributed by atoms with Gasteiger partial charge in [-0.15, -0.1) is 0 Å². The zero-order valence-corrected chi connectivity index (χ0v) is 22.4. The van der Waals surface area contributed by atoms with Crippen molar-refractivity contribution in [3.8, 4) is 22.9 Å². The summed E-state index contributed by atoms with van der Waals surface area (Å²) < 4.78 is 18.0. The van der Waals surface area contributed by atoms with Gasteiger partial charge in [0.2, 0.25) is 12.7 Å². The predicted molar refractivity (Wildman–Crippen MR) is 146 cm³/mol. The molecule has 1 atom stereocenters. The van der Waals surface area contributed by atoms with Crippen LogP contribution in [0.3, 0.4) is 0 Å². The standard InChI is InChI=1S/C29H30N4O7/c1-3-29(37)20-10-22-26-18(13-33(22)27(35)19(20)14-38-28(29)36)16(7-5-6-8-32(4-2)25(34)12-30)17-9-23-24(40-15-39-23)11-21(17)31-26/h5,7,9-11,37H,3-4,6,8,12-15,30H2,1-2H3/b7-5+/t29-/m0/s1. The number of cyclic esters (lactones) is 1. The maximum absolute atomic E-state index is 13.6. The SMILES string of the molecule is CCN(CC/C=C/c1c2c(nc3cc4c(cc13)OCO4)-c1cc3c(c(=O)n1C2)COC(=O)[C@]3(O)CC)C(=O)CN. The summed E-state index contributed by atoms with van der Waals surface area (Å²) in [4.78, 5) is 44.9. The molecular formula is C29H30N4O7. The molecule has 11 heteroatoms. The molecule has 5 heterocycles. The molecule has 208 valence electrons. The van der Waals surface area contributed by atoms with Gasteiger partial charge in [0.1, 0.15) is 6.61 Å². The summed E-state index contributed by atoms with van der Waals surface area (Å²) in [6.07, 6.45) is 4.65. The molecule has 40 heavy (non-hydrogen) atoms. The number of benzene rings is 1. The molecule has 3 N–H and O–H groups in total. The fraction of sp³-hybridized carbons (Fsp3) is 0.379.